The van der Waals surface area contributed by atoms with Gasteiger partial charge in [0, 0.05) is 17.2 Å². The monoisotopic (exact) mass is 391 g/mol. The first-order valence-electron chi connectivity index (χ1n) is 7.75. The van der Waals surface area contributed by atoms with Crippen molar-refractivity contribution in [2.45, 2.75) is 13.3 Å². The van der Waals surface area contributed by atoms with E-state index in [1.807, 2.05) is 39.2 Å². The van der Waals surface area contributed by atoms with Gasteiger partial charge in [-0.15, -0.1) is 0 Å². The Labute approximate surface area is 150 Å². The van der Waals surface area contributed by atoms with Gasteiger partial charge >= 0.3 is 0 Å². The Kier molecular flexibility index (Phi) is 6.69. The van der Waals surface area contributed by atoms with E-state index in [1.54, 1.807) is 12.3 Å². The number of benzene rings is 1. The molecule has 0 aliphatic carbocycles. The molecular weight excluding hydrogens is 370 g/mol. The lowest BCUT2D eigenvalue weighted by molar-refractivity contribution is 0.102. The van der Waals surface area contributed by atoms with Crippen molar-refractivity contribution in [1.82, 2.24) is 14.9 Å². The van der Waals surface area contributed by atoms with Crippen LogP contribution >= 0.6 is 15.9 Å². The molecular formula is C17H22BrN5O. The number of halogens is 1. The minimum Gasteiger partial charge on any atom is -0.354 e. The zero-order valence-electron chi connectivity index (χ0n) is 14.1. The van der Waals surface area contributed by atoms with E-state index in [0.717, 1.165) is 29.5 Å². The number of hydrogen-bond donors (Lipinski definition) is 2. The molecule has 1 aromatic heterocycles. The van der Waals surface area contributed by atoms with Crippen molar-refractivity contribution >= 4 is 33.5 Å². The molecule has 7 heteroatoms. The third-order valence-corrected chi connectivity index (χ3v) is 3.98. The summed E-state index contributed by atoms with van der Waals surface area (Å²) in [5, 5.41) is 5.99. The lowest BCUT2D eigenvalue weighted by atomic mass is 10.2. The molecule has 0 saturated heterocycles. The first kappa shape index (κ1) is 18.4. The van der Waals surface area contributed by atoms with Crippen LogP contribution in [0.25, 0.3) is 0 Å². The summed E-state index contributed by atoms with van der Waals surface area (Å²) in [6.07, 6.45) is 2.56. The van der Waals surface area contributed by atoms with E-state index in [1.165, 1.54) is 0 Å². The molecule has 0 atom stereocenters. The second-order valence-electron chi connectivity index (χ2n) is 5.79. The predicted octanol–water partition coefficient (Wildman–Crippen LogP) is 3.16. The van der Waals surface area contributed by atoms with E-state index >= 15 is 0 Å². The Balaban J connectivity index is 1.98. The van der Waals surface area contributed by atoms with Crippen LogP contribution < -0.4 is 10.6 Å². The summed E-state index contributed by atoms with van der Waals surface area (Å²) in [4.78, 5) is 22.9. The Hall–Kier alpha value is -1.99. The SMILES string of the molecule is Cc1ccc(NC(=O)c2ccnc(NCCCN(C)C)n2)c(Br)c1. The van der Waals surface area contributed by atoms with Crippen LogP contribution in [0.2, 0.25) is 0 Å². The van der Waals surface area contributed by atoms with Crippen molar-refractivity contribution in [2.75, 3.05) is 37.8 Å². The summed E-state index contributed by atoms with van der Waals surface area (Å²) in [7, 11) is 4.06. The molecule has 0 bridgehead atoms. The number of aryl methyl sites for hydroxylation is 1. The van der Waals surface area contributed by atoms with E-state index in [0.29, 0.717) is 17.3 Å². The molecule has 0 saturated carbocycles. The topological polar surface area (TPSA) is 70.2 Å². The Morgan fingerprint density at radius 1 is 1.29 bits per heavy atom. The fourth-order valence-corrected chi connectivity index (χ4v) is 2.67. The summed E-state index contributed by atoms with van der Waals surface area (Å²) < 4.78 is 0.840. The van der Waals surface area contributed by atoms with Gasteiger partial charge in [-0.1, -0.05) is 6.07 Å². The maximum absolute atomic E-state index is 12.4. The molecule has 1 amide bonds. The van der Waals surface area contributed by atoms with E-state index < -0.39 is 0 Å². The highest BCUT2D eigenvalue weighted by Gasteiger charge is 2.11. The van der Waals surface area contributed by atoms with Crippen molar-refractivity contribution in [2.24, 2.45) is 0 Å². The lowest BCUT2D eigenvalue weighted by Gasteiger charge is -2.10. The molecule has 2 N–H and O–H groups in total. The molecule has 2 rings (SSSR count). The van der Waals surface area contributed by atoms with Gasteiger partial charge in [-0.05, 0) is 73.7 Å². The van der Waals surface area contributed by atoms with E-state index in [-0.39, 0.29) is 5.91 Å². The molecule has 0 fully saturated rings. The molecule has 0 radical (unpaired) electrons. The Morgan fingerprint density at radius 3 is 2.79 bits per heavy atom. The van der Waals surface area contributed by atoms with Gasteiger partial charge in [0.15, 0.2) is 0 Å². The van der Waals surface area contributed by atoms with Crippen LogP contribution in [0, 0.1) is 6.92 Å². The first-order valence-corrected chi connectivity index (χ1v) is 8.54. The molecule has 0 unspecified atom stereocenters. The number of hydrogen-bond acceptors (Lipinski definition) is 5. The van der Waals surface area contributed by atoms with Gasteiger partial charge in [0.05, 0.1) is 5.69 Å². The number of carbonyl (C=O) groups excluding carboxylic acids is 1. The van der Waals surface area contributed by atoms with Crippen molar-refractivity contribution < 1.29 is 4.79 Å². The number of nitrogens with zero attached hydrogens (tertiary/aromatic N) is 3. The summed E-state index contributed by atoms with van der Waals surface area (Å²) in [5.74, 6) is 0.197. The van der Waals surface area contributed by atoms with Gasteiger partial charge in [-0.3, -0.25) is 4.79 Å². The number of amides is 1. The third kappa shape index (κ3) is 5.58. The highest BCUT2D eigenvalue weighted by Crippen LogP contribution is 2.23. The van der Waals surface area contributed by atoms with Crippen molar-refractivity contribution in [3.05, 3.63) is 46.2 Å². The van der Waals surface area contributed by atoms with Crippen LogP contribution in [0.15, 0.2) is 34.9 Å². The quantitative estimate of drug-likeness (QED) is 0.709. The van der Waals surface area contributed by atoms with Crippen molar-refractivity contribution in [1.29, 1.82) is 0 Å². The predicted molar refractivity (Wildman–Crippen MR) is 101 cm³/mol. The standard InChI is InChI=1S/C17H22BrN5O/c1-12-5-6-14(13(18)11-12)21-16(24)15-7-9-20-17(22-15)19-8-4-10-23(2)3/h5-7,9,11H,4,8,10H2,1-3H3,(H,21,24)(H,19,20,22). The summed E-state index contributed by atoms with van der Waals surface area (Å²) >= 11 is 3.45. The van der Waals surface area contributed by atoms with Gasteiger partial charge in [0.1, 0.15) is 5.69 Å². The van der Waals surface area contributed by atoms with Gasteiger partial charge < -0.3 is 15.5 Å². The number of nitrogens with one attached hydrogen (secondary N) is 2. The minimum absolute atomic E-state index is 0.265. The molecule has 0 spiro atoms. The fraction of sp³-hybridized carbons (Fsp3) is 0.353. The van der Waals surface area contributed by atoms with Gasteiger partial charge in [-0.25, -0.2) is 9.97 Å². The number of carbonyl (C=O) groups is 1. The molecule has 24 heavy (non-hydrogen) atoms. The fourth-order valence-electron chi connectivity index (χ4n) is 2.07. The summed E-state index contributed by atoms with van der Waals surface area (Å²) in [5.41, 5.74) is 2.16. The summed E-state index contributed by atoms with van der Waals surface area (Å²) in [6.45, 7) is 3.73. The number of rotatable bonds is 7. The Morgan fingerprint density at radius 2 is 2.08 bits per heavy atom. The zero-order chi connectivity index (χ0) is 17.5. The molecule has 1 aromatic carbocycles. The van der Waals surface area contributed by atoms with Crippen LogP contribution in [-0.2, 0) is 0 Å². The average Bonchev–Trinajstić information content (AvgIpc) is 2.54. The largest absolute Gasteiger partial charge is 0.354 e. The second kappa shape index (κ2) is 8.75. The average molecular weight is 392 g/mol. The Bertz CT molecular complexity index is 705. The van der Waals surface area contributed by atoms with Crippen LogP contribution in [0.5, 0.6) is 0 Å². The van der Waals surface area contributed by atoms with Crippen LogP contribution in [0.3, 0.4) is 0 Å². The third-order valence-electron chi connectivity index (χ3n) is 3.33. The van der Waals surface area contributed by atoms with Gasteiger partial charge in [0.25, 0.3) is 5.91 Å². The molecule has 128 valence electrons. The van der Waals surface area contributed by atoms with Crippen LogP contribution in [0.4, 0.5) is 11.6 Å². The summed E-state index contributed by atoms with van der Waals surface area (Å²) in [6, 6.07) is 7.35. The molecule has 1 heterocycles. The van der Waals surface area contributed by atoms with Crippen molar-refractivity contribution in [3.63, 3.8) is 0 Å². The molecule has 6 nitrogen and oxygen atoms in total. The highest BCUT2D eigenvalue weighted by atomic mass is 79.9. The zero-order valence-corrected chi connectivity index (χ0v) is 15.7. The normalized spacial score (nSPS) is 10.7. The smallest absolute Gasteiger partial charge is 0.274 e. The molecule has 0 aliphatic rings. The second-order valence-corrected chi connectivity index (χ2v) is 6.64. The first-order chi connectivity index (χ1) is 11.5. The highest BCUT2D eigenvalue weighted by molar-refractivity contribution is 9.10. The van der Waals surface area contributed by atoms with E-state index in [4.69, 9.17) is 0 Å². The minimum atomic E-state index is -0.265. The van der Waals surface area contributed by atoms with Crippen LogP contribution in [0.1, 0.15) is 22.5 Å². The maximum atomic E-state index is 12.4. The van der Waals surface area contributed by atoms with Crippen molar-refractivity contribution in [3.8, 4) is 0 Å². The van der Waals surface area contributed by atoms with E-state index in [9.17, 15) is 4.79 Å². The van der Waals surface area contributed by atoms with E-state index in [2.05, 4.69) is 41.4 Å². The molecule has 2 aromatic rings. The maximum Gasteiger partial charge on any atom is 0.274 e. The van der Waals surface area contributed by atoms with Crippen LogP contribution in [-0.4, -0.2) is 48.0 Å². The number of aromatic nitrogens is 2. The lowest BCUT2D eigenvalue weighted by Crippen LogP contribution is -2.18. The molecule has 0 aliphatic heterocycles. The van der Waals surface area contributed by atoms with Gasteiger partial charge in [-0.2, -0.15) is 0 Å². The number of anilines is 2. The van der Waals surface area contributed by atoms with Gasteiger partial charge in [0.2, 0.25) is 5.95 Å².